The van der Waals surface area contributed by atoms with Gasteiger partial charge in [0.15, 0.2) is 0 Å². The van der Waals surface area contributed by atoms with Crippen LogP contribution in [-0.4, -0.2) is 25.3 Å². The first-order valence-corrected chi connectivity index (χ1v) is 6.32. The van der Waals surface area contributed by atoms with E-state index in [-0.39, 0.29) is 5.60 Å². The number of carbonyl (C=O) groups excluding carboxylic acids is 1. The molecule has 0 saturated carbocycles. The Hall–Kier alpha value is -1.39. The van der Waals surface area contributed by atoms with Gasteiger partial charge in [0.1, 0.15) is 0 Å². The summed E-state index contributed by atoms with van der Waals surface area (Å²) in [5, 5.41) is 0. The molecule has 0 amide bonds. The maximum absolute atomic E-state index is 11.7. The van der Waals surface area contributed by atoms with Gasteiger partial charge in [-0.05, 0) is 51.0 Å². The van der Waals surface area contributed by atoms with Crippen molar-refractivity contribution in [3.05, 3.63) is 34.9 Å². The van der Waals surface area contributed by atoms with Crippen molar-refractivity contribution in [2.75, 3.05) is 13.7 Å². The first-order valence-electron chi connectivity index (χ1n) is 6.32. The maximum atomic E-state index is 11.7. The highest BCUT2D eigenvalue weighted by Gasteiger charge is 2.17. The largest absolute Gasteiger partial charge is 0.379 e. The van der Waals surface area contributed by atoms with E-state index in [1.807, 2.05) is 33.8 Å². The van der Waals surface area contributed by atoms with E-state index >= 15 is 0 Å². The molecule has 0 saturated heterocycles. The SMILES string of the molecule is COC(C)(C)CCOOC(=O)c1ccc(C)c(C)c1. The molecule has 0 spiro atoms. The number of rotatable bonds is 6. The molecule has 19 heavy (non-hydrogen) atoms. The zero-order valence-corrected chi connectivity index (χ0v) is 12.3. The molecular formula is C15H22O4. The van der Waals surface area contributed by atoms with Crippen molar-refractivity contribution >= 4 is 5.97 Å². The Morgan fingerprint density at radius 1 is 1.21 bits per heavy atom. The van der Waals surface area contributed by atoms with Crippen molar-refractivity contribution < 1.29 is 19.3 Å². The lowest BCUT2D eigenvalue weighted by Crippen LogP contribution is -2.24. The molecular weight excluding hydrogens is 244 g/mol. The van der Waals surface area contributed by atoms with E-state index in [4.69, 9.17) is 14.5 Å². The zero-order valence-electron chi connectivity index (χ0n) is 12.3. The highest BCUT2D eigenvalue weighted by Crippen LogP contribution is 2.14. The van der Waals surface area contributed by atoms with Gasteiger partial charge in [-0.3, -0.25) is 4.89 Å². The molecule has 0 atom stereocenters. The van der Waals surface area contributed by atoms with Gasteiger partial charge in [-0.25, -0.2) is 4.79 Å². The van der Waals surface area contributed by atoms with Crippen LogP contribution in [0.1, 0.15) is 41.8 Å². The lowest BCUT2D eigenvalue weighted by atomic mass is 10.1. The zero-order chi connectivity index (χ0) is 14.5. The molecule has 0 aliphatic rings. The van der Waals surface area contributed by atoms with Gasteiger partial charge in [0.05, 0.1) is 17.8 Å². The second-order valence-corrected chi connectivity index (χ2v) is 5.21. The van der Waals surface area contributed by atoms with Crippen molar-refractivity contribution in [2.45, 2.75) is 39.7 Å². The van der Waals surface area contributed by atoms with Gasteiger partial charge >= 0.3 is 5.97 Å². The van der Waals surface area contributed by atoms with Gasteiger partial charge in [0.25, 0.3) is 0 Å². The quantitative estimate of drug-likeness (QED) is 0.450. The summed E-state index contributed by atoms with van der Waals surface area (Å²) in [6, 6.07) is 5.41. The summed E-state index contributed by atoms with van der Waals surface area (Å²) in [5.74, 6) is -0.474. The van der Waals surface area contributed by atoms with E-state index < -0.39 is 5.97 Å². The molecule has 0 unspecified atom stereocenters. The van der Waals surface area contributed by atoms with Crippen molar-refractivity contribution in [3.8, 4) is 0 Å². The average molecular weight is 266 g/mol. The molecule has 1 aromatic rings. The smallest absolute Gasteiger partial charge is 0.373 e. The fourth-order valence-corrected chi connectivity index (χ4v) is 1.40. The van der Waals surface area contributed by atoms with Crippen molar-refractivity contribution in [1.29, 1.82) is 0 Å². The number of aryl methyl sites for hydroxylation is 2. The minimum Gasteiger partial charge on any atom is -0.379 e. The summed E-state index contributed by atoms with van der Waals surface area (Å²) in [7, 11) is 1.64. The molecule has 4 heteroatoms. The van der Waals surface area contributed by atoms with E-state index in [1.165, 1.54) is 0 Å². The van der Waals surface area contributed by atoms with E-state index in [0.29, 0.717) is 18.6 Å². The monoisotopic (exact) mass is 266 g/mol. The maximum Gasteiger partial charge on any atom is 0.373 e. The molecule has 0 N–H and O–H groups in total. The number of hydrogen-bond donors (Lipinski definition) is 0. The third-order valence-corrected chi connectivity index (χ3v) is 3.22. The highest BCUT2D eigenvalue weighted by molar-refractivity contribution is 5.89. The molecule has 0 radical (unpaired) electrons. The number of hydrogen-bond acceptors (Lipinski definition) is 4. The molecule has 1 rings (SSSR count). The molecule has 0 bridgehead atoms. The predicted molar refractivity (Wildman–Crippen MR) is 73.0 cm³/mol. The van der Waals surface area contributed by atoms with Crippen molar-refractivity contribution in [3.63, 3.8) is 0 Å². The number of carbonyl (C=O) groups is 1. The lowest BCUT2D eigenvalue weighted by molar-refractivity contribution is -0.247. The van der Waals surface area contributed by atoms with Crippen LogP contribution in [0, 0.1) is 13.8 Å². The normalized spacial score (nSPS) is 11.4. The summed E-state index contributed by atoms with van der Waals surface area (Å²) in [6.45, 7) is 8.14. The fraction of sp³-hybridized carbons (Fsp3) is 0.533. The molecule has 1 aromatic carbocycles. The molecule has 0 heterocycles. The molecule has 0 aliphatic heterocycles. The van der Waals surface area contributed by atoms with Gasteiger partial charge in [0.2, 0.25) is 0 Å². The summed E-state index contributed by atoms with van der Waals surface area (Å²) in [4.78, 5) is 21.4. The fourth-order valence-electron chi connectivity index (χ4n) is 1.40. The van der Waals surface area contributed by atoms with Gasteiger partial charge in [-0.15, -0.1) is 0 Å². The third-order valence-electron chi connectivity index (χ3n) is 3.22. The topological polar surface area (TPSA) is 44.8 Å². The van der Waals surface area contributed by atoms with Crippen LogP contribution in [0.4, 0.5) is 0 Å². The van der Waals surface area contributed by atoms with Crippen molar-refractivity contribution in [2.24, 2.45) is 0 Å². The van der Waals surface area contributed by atoms with E-state index in [9.17, 15) is 4.79 Å². The van der Waals surface area contributed by atoms with E-state index in [0.717, 1.165) is 11.1 Å². The number of ether oxygens (including phenoxy) is 1. The highest BCUT2D eigenvalue weighted by atomic mass is 17.2. The summed E-state index contributed by atoms with van der Waals surface area (Å²) < 4.78 is 5.24. The van der Waals surface area contributed by atoms with Crippen LogP contribution < -0.4 is 0 Å². The molecule has 0 aromatic heterocycles. The average Bonchev–Trinajstić information content (AvgIpc) is 2.37. The van der Waals surface area contributed by atoms with E-state index in [2.05, 4.69) is 0 Å². The Kier molecular flexibility index (Phi) is 5.51. The Morgan fingerprint density at radius 3 is 2.47 bits per heavy atom. The van der Waals surface area contributed by atoms with Crippen LogP contribution in [0.2, 0.25) is 0 Å². The van der Waals surface area contributed by atoms with Crippen LogP contribution in [0.25, 0.3) is 0 Å². The van der Waals surface area contributed by atoms with Crippen LogP contribution >= 0.6 is 0 Å². The number of benzene rings is 1. The van der Waals surface area contributed by atoms with Crippen molar-refractivity contribution in [1.82, 2.24) is 0 Å². The van der Waals surface area contributed by atoms with Crippen LogP contribution in [-0.2, 0) is 14.5 Å². The molecule has 106 valence electrons. The Morgan fingerprint density at radius 2 is 1.89 bits per heavy atom. The molecule has 0 aliphatic carbocycles. The lowest BCUT2D eigenvalue weighted by Gasteiger charge is -2.21. The van der Waals surface area contributed by atoms with Gasteiger partial charge in [0, 0.05) is 13.5 Å². The van der Waals surface area contributed by atoms with E-state index in [1.54, 1.807) is 19.2 Å². The second kappa shape index (κ2) is 6.68. The molecule has 4 nitrogen and oxygen atoms in total. The van der Waals surface area contributed by atoms with Gasteiger partial charge in [-0.2, -0.15) is 4.89 Å². The first-order chi connectivity index (χ1) is 8.85. The summed E-state index contributed by atoms with van der Waals surface area (Å²) in [5.41, 5.74) is 2.40. The second-order valence-electron chi connectivity index (χ2n) is 5.21. The number of methoxy groups -OCH3 is 1. The Labute approximate surface area is 114 Å². The van der Waals surface area contributed by atoms with Crippen LogP contribution in [0.5, 0.6) is 0 Å². The van der Waals surface area contributed by atoms with Gasteiger partial charge < -0.3 is 4.74 Å². The summed E-state index contributed by atoms with van der Waals surface area (Å²) in [6.07, 6.45) is 0.643. The van der Waals surface area contributed by atoms with Gasteiger partial charge in [-0.1, -0.05) is 6.07 Å². The third kappa shape index (κ3) is 5.01. The standard InChI is InChI=1S/C15H22O4/c1-11-6-7-13(10-12(11)2)14(16)19-18-9-8-15(3,4)17-5/h6-7,10H,8-9H2,1-5H3. The Balaban J connectivity index is 2.41. The minimum absolute atomic E-state index is 0.285. The predicted octanol–water partition coefficient (Wildman–Crippen LogP) is 3.21. The molecule has 0 fully saturated rings. The summed E-state index contributed by atoms with van der Waals surface area (Å²) >= 11 is 0. The van der Waals surface area contributed by atoms with Crippen LogP contribution in [0.15, 0.2) is 18.2 Å². The first kappa shape index (κ1) is 15.7. The minimum atomic E-state index is -0.474. The Bertz CT molecular complexity index is 438. The van der Waals surface area contributed by atoms with Crippen LogP contribution in [0.3, 0.4) is 0 Å².